The van der Waals surface area contributed by atoms with Crippen LogP contribution in [0, 0.1) is 0 Å². The Morgan fingerprint density at radius 2 is 2.33 bits per heavy atom. The van der Waals surface area contributed by atoms with Gasteiger partial charge in [-0.3, -0.25) is 0 Å². The molecule has 2 aromatic heterocycles. The van der Waals surface area contributed by atoms with E-state index in [1.54, 1.807) is 23.6 Å². The van der Waals surface area contributed by atoms with E-state index in [0.717, 1.165) is 16.7 Å². The molecule has 4 nitrogen and oxygen atoms in total. The van der Waals surface area contributed by atoms with E-state index >= 15 is 0 Å². The average molecular weight is 329 g/mol. The molecule has 0 unspecified atom stereocenters. The van der Waals surface area contributed by atoms with Crippen LogP contribution in [0.25, 0.3) is 0 Å². The van der Waals surface area contributed by atoms with Crippen molar-refractivity contribution in [3.63, 3.8) is 0 Å². The first-order chi connectivity index (χ1) is 8.78. The van der Waals surface area contributed by atoms with Crippen molar-refractivity contribution in [1.29, 1.82) is 0 Å². The Balaban J connectivity index is 1.86. The number of pyridine rings is 1. The highest BCUT2D eigenvalue weighted by Crippen LogP contribution is 2.21. The van der Waals surface area contributed by atoms with Crippen LogP contribution < -0.4 is 10.1 Å². The first kappa shape index (κ1) is 13.3. The lowest BCUT2D eigenvalue weighted by Crippen LogP contribution is -2.03. The topological polar surface area (TPSA) is 54.4 Å². The highest BCUT2D eigenvalue weighted by Gasteiger charge is 1.99. The number of nitrogens with one attached hydrogen (secondary N) is 1. The minimum Gasteiger partial charge on any atom is -0.475 e. The summed E-state index contributed by atoms with van der Waals surface area (Å²) in [6.45, 7) is 1.03. The number of halogens is 1. The number of nitrogens with zero attached hydrogens (tertiary/aromatic N) is 1. The van der Waals surface area contributed by atoms with Crippen LogP contribution in [0.15, 0.2) is 34.2 Å². The Bertz CT molecular complexity index is 487. The van der Waals surface area contributed by atoms with Crippen molar-refractivity contribution in [3.05, 3.63) is 39.1 Å². The molecule has 0 radical (unpaired) electrons. The minimum atomic E-state index is -0.00502. The van der Waals surface area contributed by atoms with Gasteiger partial charge in [0.05, 0.1) is 18.5 Å². The predicted octanol–water partition coefficient (Wildman–Crippen LogP) is 2.89. The standard InChI is InChI=1S/C12H13BrN2O2S/c13-9-5-11(18-8-9)7-14-10-1-2-12(15-6-10)17-4-3-16/h1-2,5-6,8,14,16H,3-4,7H2. The van der Waals surface area contributed by atoms with Gasteiger partial charge >= 0.3 is 0 Å². The Labute approximate surface area is 118 Å². The van der Waals surface area contributed by atoms with Gasteiger partial charge in [-0.2, -0.15) is 0 Å². The number of aliphatic hydroxyl groups excluding tert-OH is 1. The molecule has 0 aliphatic rings. The van der Waals surface area contributed by atoms with Crippen molar-refractivity contribution in [2.24, 2.45) is 0 Å². The monoisotopic (exact) mass is 328 g/mol. The molecule has 96 valence electrons. The molecule has 0 aliphatic heterocycles. The largest absolute Gasteiger partial charge is 0.475 e. The number of hydrogen-bond acceptors (Lipinski definition) is 5. The SMILES string of the molecule is OCCOc1ccc(NCc2cc(Br)cs2)cn1. The number of thiophene rings is 1. The van der Waals surface area contributed by atoms with Crippen LogP contribution >= 0.6 is 27.3 Å². The van der Waals surface area contributed by atoms with Crippen LogP contribution in [0.1, 0.15) is 4.88 Å². The molecule has 0 atom stereocenters. The Morgan fingerprint density at radius 1 is 1.44 bits per heavy atom. The molecule has 0 bridgehead atoms. The van der Waals surface area contributed by atoms with E-state index < -0.39 is 0 Å². The lowest BCUT2D eigenvalue weighted by atomic mass is 10.4. The second kappa shape index (κ2) is 6.72. The zero-order valence-electron chi connectivity index (χ0n) is 9.60. The highest BCUT2D eigenvalue weighted by atomic mass is 79.9. The lowest BCUT2D eigenvalue weighted by Gasteiger charge is -2.06. The predicted molar refractivity (Wildman–Crippen MR) is 76.2 cm³/mol. The number of rotatable bonds is 6. The van der Waals surface area contributed by atoms with Crippen LogP contribution in [0.4, 0.5) is 5.69 Å². The fraction of sp³-hybridized carbons (Fsp3) is 0.250. The Morgan fingerprint density at radius 3 is 2.94 bits per heavy atom. The molecule has 0 spiro atoms. The molecule has 2 aromatic rings. The summed E-state index contributed by atoms with van der Waals surface area (Å²) in [5, 5.41) is 14.0. The van der Waals surface area contributed by atoms with Crippen LogP contribution in [0.3, 0.4) is 0 Å². The maximum atomic E-state index is 8.63. The molecule has 0 fully saturated rings. The van der Waals surface area contributed by atoms with Crippen molar-refractivity contribution in [2.75, 3.05) is 18.5 Å². The summed E-state index contributed by atoms with van der Waals surface area (Å²) in [5.74, 6) is 0.522. The van der Waals surface area contributed by atoms with Gasteiger partial charge in [-0.25, -0.2) is 4.98 Å². The summed E-state index contributed by atoms with van der Waals surface area (Å²) in [4.78, 5) is 5.38. The molecule has 18 heavy (non-hydrogen) atoms. The van der Waals surface area contributed by atoms with E-state index in [1.807, 2.05) is 6.07 Å². The van der Waals surface area contributed by atoms with Gasteiger partial charge in [0.25, 0.3) is 0 Å². The van der Waals surface area contributed by atoms with Crippen molar-refractivity contribution in [3.8, 4) is 5.88 Å². The zero-order valence-corrected chi connectivity index (χ0v) is 12.0. The second-order valence-electron chi connectivity index (χ2n) is 3.54. The van der Waals surface area contributed by atoms with Gasteiger partial charge in [0.1, 0.15) is 6.61 Å². The summed E-state index contributed by atoms with van der Waals surface area (Å²) in [5.41, 5.74) is 0.941. The van der Waals surface area contributed by atoms with Crippen LogP contribution in [0.2, 0.25) is 0 Å². The summed E-state index contributed by atoms with van der Waals surface area (Å²) in [7, 11) is 0. The third-order valence-electron chi connectivity index (χ3n) is 2.17. The molecule has 2 rings (SSSR count). The first-order valence-electron chi connectivity index (χ1n) is 5.44. The molecule has 0 saturated heterocycles. The van der Waals surface area contributed by atoms with Gasteiger partial charge in [-0.1, -0.05) is 0 Å². The first-order valence-corrected chi connectivity index (χ1v) is 7.11. The van der Waals surface area contributed by atoms with E-state index in [0.29, 0.717) is 5.88 Å². The third-order valence-corrected chi connectivity index (χ3v) is 3.86. The van der Waals surface area contributed by atoms with E-state index in [1.165, 1.54) is 4.88 Å². The van der Waals surface area contributed by atoms with Gasteiger partial charge in [-0.05, 0) is 28.1 Å². The van der Waals surface area contributed by atoms with Crippen molar-refractivity contribution < 1.29 is 9.84 Å². The third kappa shape index (κ3) is 3.97. The van der Waals surface area contributed by atoms with Gasteiger partial charge < -0.3 is 15.2 Å². The zero-order chi connectivity index (χ0) is 12.8. The fourth-order valence-electron chi connectivity index (χ4n) is 1.36. The molecule has 2 heterocycles. The smallest absolute Gasteiger partial charge is 0.213 e. The van der Waals surface area contributed by atoms with Crippen molar-refractivity contribution in [1.82, 2.24) is 4.98 Å². The second-order valence-corrected chi connectivity index (χ2v) is 5.45. The maximum absolute atomic E-state index is 8.63. The van der Waals surface area contributed by atoms with Gasteiger partial charge in [0.15, 0.2) is 0 Å². The molecular formula is C12H13BrN2O2S. The minimum absolute atomic E-state index is 0.00502. The number of anilines is 1. The van der Waals surface area contributed by atoms with Crippen molar-refractivity contribution in [2.45, 2.75) is 6.54 Å². The average Bonchev–Trinajstić information content (AvgIpc) is 2.81. The van der Waals surface area contributed by atoms with E-state index in [2.05, 4.69) is 37.7 Å². The molecule has 2 N–H and O–H groups in total. The normalized spacial score (nSPS) is 10.3. The van der Waals surface area contributed by atoms with E-state index in [9.17, 15) is 0 Å². The molecule has 0 saturated carbocycles. The van der Waals surface area contributed by atoms with Crippen LogP contribution in [-0.2, 0) is 6.54 Å². The van der Waals surface area contributed by atoms with Gasteiger partial charge in [0, 0.05) is 27.3 Å². The molecule has 6 heteroatoms. The summed E-state index contributed by atoms with van der Waals surface area (Å²) < 4.78 is 6.29. The summed E-state index contributed by atoms with van der Waals surface area (Å²) in [6.07, 6.45) is 1.72. The molecule has 0 aromatic carbocycles. The number of ether oxygens (including phenoxy) is 1. The number of aromatic nitrogens is 1. The lowest BCUT2D eigenvalue weighted by molar-refractivity contribution is 0.196. The summed E-state index contributed by atoms with van der Waals surface area (Å²) in [6, 6.07) is 5.77. The molecule has 0 amide bonds. The van der Waals surface area contributed by atoms with Crippen molar-refractivity contribution >= 4 is 33.0 Å². The van der Waals surface area contributed by atoms with Gasteiger partial charge in [0.2, 0.25) is 5.88 Å². The number of aliphatic hydroxyl groups is 1. The highest BCUT2D eigenvalue weighted by molar-refractivity contribution is 9.10. The fourth-order valence-corrected chi connectivity index (χ4v) is 2.75. The quantitative estimate of drug-likeness (QED) is 0.856. The maximum Gasteiger partial charge on any atom is 0.213 e. The molecular weight excluding hydrogens is 316 g/mol. The Kier molecular flexibility index (Phi) is 4.98. The summed E-state index contributed by atoms with van der Waals surface area (Å²) >= 11 is 5.13. The number of hydrogen-bond donors (Lipinski definition) is 2. The van der Waals surface area contributed by atoms with E-state index in [-0.39, 0.29) is 13.2 Å². The molecule has 0 aliphatic carbocycles. The van der Waals surface area contributed by atoms with E-state index in [4.69, 9.17) is 9.84 Å². The van der Waals surface area contributed by atoms with Gasteiger partial charge in [-0.15, -0.1) is 11.3 Å². The van der Waals surface area contributed by atoms with Crippen LogP contribution in [0.5, 0.6) is 5.88 Å². The van der Waals surface area contributed by atoms with Crippen LogP contribution in [-0.4, -0.2) is 23.3 Å². The Hall–Kier alpha value is -1.11.